The zero-order valence-corrected chi connectivity index (χ0v) is 14.8. The molecule has 1 atom stereocenters. The fraction of sp³-hybridized carbons (Fsp3) is 0.312. The van der Waals surface area contributed by atoms with E-state index < -0.39 is 0 Å². The lowest BCUT2D eigenvalue weighted by molar-refractivity contribution is 0.521. The smallest absolute Gasteiger partial charge is 0.0453 e. The molecule has 1 N–H and O–H groups in total. The predicted octanol–water partition coefficient (Wildman–Crippen LogP) is 4.91. The molecule has 0 bridgehead atoms. The number of likely N-dealkylation sites (N-methyl/N-ethyl adjacent to an activating group) is 1. The third-order valence-corrected chi connectivity index (χ3v) is 4.24. The van der Waals surface area contributed by atoms with Crippen molar-refractivity contribution in [3.63, 3.8) is 0 Å². The van der Waals surface area contributed by atoms with Crippen molar-refractivity contribution in [1.82, 2.24) is 10.3 Å². The maximum absolute atomic E-state index is 6.27. The number of benzene rings is 1. The molecule has 2 nitrogen and oxygen atoms in total. The van der Waals surface area contributed by atoms with Crippen LogP contribution in [0.3, 0.4) is 0 Å². The van der Waals surface area contributed by atoms with Crippen LogP contribution in [0.5, 0.6) is 0 Å². The molecule has 112 valence electrons. The highest BCUT2D eigenvalue weighted by Gasteiger charge is 2.12. The first-order chi connectivity index (χ1) is 10.1. The van der Waals surface area contributed by atoms with E-state index in [4.69, 9.17) is 23.2 Å². The molecule has 5 heteroatoms. The molecule has 21 heavy (non-hydrogen) atoms. The molecular weight excluding hydrogens is 371 g/mol. The molecule has 1 heterocycles. The van der Waals surface area contributed by atoms with E-state index >= 15 is 0 Å². The van der Waals surface area contributed by atoms with Crippen LogP contribution in [0.4, 0.5) is 0 Å². The Kier molecular flexibility index (Phi) is 6.49. The molecule has 1 aromatic heterocycles. The Morgan fingerprint density at radius 1 is 1.19 bits per heavy atom. The van der Waals surface area contributed by atoms with Gasteiger partial charge in [-0.15, -0.1) is 0 Å². The Hall–Kier alpha value is -0.610. The normalized spacial score (nSPS) is 12.4. The third-order valence-electron chi connectivity index (χ3n) is 3.22. The summed E-state index contributed by atoms with van der Waals surface area (Å²) in [5.74, 6) is 0. The van der Waals surface area contributed by atoms with Crippen molar-refractivity contribution in [1.29, 1.82) is 0 Å². The Bertz CT molecular complexity index is 605. The minimum Gasteiger partial charge on any atom is -0.314 e. The van der Waals surface area contributed by atoms with Gasteiger partial charge < -0.3 is 5.32 Å². The number of nitrogens with one attached hydrogen (secondary N) is 1. The van der Waals surface area contributed by atoms with Gasteiger partial charge in [0.15, 0.2) is 0 Å². The SMILES string of the molecule is CCNC(Cc1cncc(Br)c1)Cc1ccc(Cl)cc1Cl. The quantitative estimate of drug-likeness (QED) is 0.761. The van der Waals surface area contributed by atoms with Gasteiger partial charge in [0, 0.05) is 33.0 Å². The maximum Gasteiger partial charge on any atom is 0.0453 e. The summed E-state index contributed by atoms with van der Waals surface area (Å²) in [6.07, 6.45) is 5.45. The Morgan fingerprint density at radius 3 is 2.67 bits per heavy atom. The molecule has 0 radical (unpaired) electrons. The number of rotatable bonds is 6. The van der Waals surface area contributed by atoms with Crippen LogP contribution in [0.2, 0.25) is 10.0 Å². The summed E-state index contributed by atoms with van der Waals surface area (Å²) in [4.78, 5) is 4.22. The lowest BCUT2D eigenvalue weighted by Gasteiger charge is -2.19. The van der Waals surface area contributed by atoms with Crippen LogP contribution in [0.15, 0.2) is 41.1 Å². The zero-order valence-electron chi connectivity index (χ0n) is 11.7. The van der Waals surface area contributed by atoms with E-state index in [0.29, 0.717) is 11.1 Å². The molecule has 1 aromatic carbocycles. The molecule has 0 saturated carbocycles. The van der Waals surface area contributed by atoms with Gasteiger partial charge in [-0.25, -0.2) is 0 Å². The number of aromatic nitrogens is 1. The van der Waals surface area contributed by atoms with Gasteiger partial charge in [-0.2, -0.15) is 0 Å². The molecule has 0 aliphatic rings. The molecule has 2 rings (SSSR count). The van der Waals surface area contributed by atoms with E-state index in [2.05, 4.69) is 39.2 Å². The van der Waals surface area contributed by atoms with E-state index in [-0.39, 0.29) is 0 Å². The van der Waals surface area contributed by atoms with Gasteiger partial charge in [0.1, 0.15) is 0 Å². The van der Waals surface area contributed by atoms with Gasteiger partial charge in [0.2, 0.25) is 0 Å². The molecule has 0 amide bonds. The minimum atomic E-state index is 0.310. The summed E-state index contributed by atoms with van der Waals surface area (Å²) in [7, 11) is 0. The predicted molar refractivity (Wildman–Crippen MR) is 93.3 cm³/mol. The van der Waals surface area contributed by atoms with Gasteiger partial charge >= 0.3 is 0 Å². The molecule has 0 saturated heterocycles. The number of nitrogens with zero attached hydrogens (tertiary/aromatic N) is 1. The fourth-order valence-corrected chi connectivity index (χ4v) is 3.21. The second-order valence-corrected chi connectivity index (χ2v) is 6.67. The van der Waals surface area contributed by atoms with E-state index in [1.807, 2.05) is 18.3 Å². The van der Waals surface area contributed by atoms with Crippen LogP contribution in [-0.4, -0.2) is 17.6 Å². The molecule has 0 fully saturated rings. The molecule has 0 aliphatic heterocycles. The number of pyridine rings is 1. The topological polar surface area (TPSA) is 24.9 Å². The van der Waals surface area contributed by atoms with Crippen LogP contribution in [0, 0.1) is 0 Å². The van der Waals surface area contributed by atoms with Gasteiger partial charge in [0.05, 0.1) is 0 Å². The van der Waals surface area contributed by atoms with Crippen molar-refractivity contribution >= 4 is 39.1 Å². The van der Waals surface area contributed by atoms with Crippen LogP contribution in [0.1, 0.15) is 18.1 Å². The van der Waals surface area contributed by atoms with Crippen molar-refractivity contribution in [2.75, 3.05) is 6.54 Å². The standard InChI is InChI=1S/C16H17BrCl2N2/c1-2-21-15(6-11-5-13(17)10-20-9-11)7-12-3-4-14(18)8-16(12)19/h3-5,8-10,15,21H,2,6-7H2,1H3. The summed E-state index contributed by atoms with van der Waals surface area (Å²) in [6, 6.07) is 8.08. The summed E-state index contributed by atoms with van der Waals surface area (Å²) >= 11 is 15.7. The molecule has 2 aromatic rings. The summed E-state index contributed by atoms with van der Waals surface area (Å²) in [5.41, 5.74) is 2.30. The van der Waals surface area contributed by atoms with Crippen molar-refractivity contribution in [2.45, 2.75) is 25.8 Å². The lowest BCUT2D eigenvalue weighted by Crippen LogP contribution is -2.33. The third kappa shape index (κ3) is 5.26. The van der Waals surface area contributed by atoms with Gasteiger partial charge in [-0.1, -0.05) is 36.2 Å². The highest BCUT2D eigenvalue weighted by atomic mass is 79.9. The highest BCUT2D eigenvalue weighted by Crippen LogP contribution is 2.23. The first-order valence-corrected chi connectivity index (χ1v) is 8.40. The van der Waals surface area contributed by atoms with Crippen LogP contribution >= 0.6 is 39.1 Å². The average molecular weight is 388 g/mol. The Morgan fingerprint density at radius 2 is 2.00 bits per heavy atom. The second kappa shape index (κ2) is 8.14. The van der Waals surface area contributed by atoms with Crippen molar-refractivity contribution < 1.29 is 0 Å². The van der Waals surface area contributed by atoms with Crippen LogP contribution in [-0.2, 0) is 12.8 Å². The van der Waals surface area contributed by atoms with E-state index in [0.717, 1.165) is 34.4 Å². The number of hydrogen-bond acceptors (Lipinski definition) is 2. The van der Waals surface area contributed by atoms with E-state index in [1.54, 1.807) is 12.3 Å². The van der Waals surface area contributed by atoms with Gasteiger partial charge in [0.25, 0.3) is 0 Å². The first kappa shape index (κ1) is 16.8. The van der Waals surface area contributed by atoms with E-state index in [1.165, 1.54) is 5.56 Å². The van der Waals surface area contributed by atoms with Gasteiger partial charge in [-0.3, -0.25) is 4.98 Å². The van der Waals surface area contributed by atoms with Crippen LogP contribution in [0.25, 0.3) is 0 Å². The molecule has 0 spiro atoms. The molecule has 1 unspecified atom stereocenters. The summed E-state index contributed by atoms with van der Waals surface area (Å²) in [5, 5.41) is 4.89. The minimum absolute atomic E-state index is 0.310. The molecular formula is C16H17BrCl2N2. The average Bonchev–Trinajstić information content (AvgIpc) is 2.42. The molecule has 0 aliphatic carbocycles. The Labute approximate surface area is 144 Å². The highest BCUT2D eigenvalue weighted by molar-refractivity contribution is 9.10. The van der Waals surface area contributed by atoms with Crippen molar-refractivity contribution in [3.8, 4) is 0 Å². The largest absolute Gasteiger partial charge is 0.314 e. The Balaban J connectivity index is 2.11. The summed E-state index contributed by atoms with van der Waals surface area (Å²) < 4.78 is 1.000. The van der Waals surface area contributed by atoms with E-state index in [9.17, 15) is 0 Å². The first-order valence-electron chi connectivity index (χ1n) is 6.85. The number of halogens is 3. The zero-order chi connectivity index (χ0) is 15.2. The van der Waals surface area contributed by atoms with Crippen molar-refractivity contribution in [3.05, 3.63) is 62.3 Å². The van der Waals surface area contributed by atoms with Crippen LogP contribution < -0.4 is 5.32 Å². The number of hydrogen-bond donors (Lipinski definition) is 1. The monoisotopic (exact) mass is 386 g/mol. The maximum atomic E-state index is 6.27. The second-order valence-electron chi connectivity index (χ2n) is 4.91. The fourth-order valence-electron chi connectivity index (χ4n) is 2.31. The lowest BCUT2D eigenvalue weighted by atomic mass is 10.00. The van der Waals surface area contributed by atoms with Gasteiger partial charge in [-0.05, 0) is 64.6 Å². The summed E-state index contributed by atoms with van der Waals surface area (Å²) in [6.45, 7) is 3.02. The van der Waals surface area contributed by atoms with Crippen molar-refractivity contribution in [2.24, 2.45) is 0 Å².